The van der Waals surface area contributed by atoms with E-state index >= 15 is 0 Å². The average molecular weight is 250 g/mol. The highest BCUT2D eigenvalue weighted by molar-refractivity contribution is 7.99. The van der Waals surface area contributed by atoms with Crippen molar-refractivity contribution in [2.75, 3.05) is 23.0 Å². The molecular formula is C10H10N4O2S. The predicted octanol–water partition coefficient (Wildman–Crippen LogP) is 0.355. The Kier molecular flexibility index (Phi) is 3.44. The Morgan fingerprint density at radius 1 is 1.71 bits per heavy atom. The zero-order valence-corrected chi connectivity index (χ0v) is 9.72. The van der Waals surface area contributed by atoms with Crippen molar-refractivity contribution >= 4 is 23.5 Å². The Hall–Kier alpha value is -1.81. The van der Waals surface area contributed by atoms with Crippen LogP contribution in [0.2, 0.25) is 0 Å². The Balaban J connectivity index is 2.36. The van der Waals surface area contributed by atoms with Gasteiger partial charge in [0.25, 0.3) is 0 Å². The van der Waals surface area contributed by atoms with Gasteiger partial charge in [-0.2, -0.15) is 22.1 Å². The molecule has 0 amide bonds. The molecule has 1 aromatic rings. The fourth-order valence-electron chi connectivity index (χ4n) is 1.69. The first-order valence-electron chi connectivity index (χ1n) is 5.03. The van der Waals surface area contributed by atoms with Crippen molar-refractivity contribution in [3.05, 3.63) is 17.8 Å². The monoisotopic (exact) mass is 250 g/mol. The number of carbonyl (C=O) groups is 1. The van der Waals surface area contributed by atoms with Gasteiger partial charge in [-0.05, 0) is 6.07 Å². The molecule has 17 heavy (non-hydrogen) atoms. The lowest BCUT2D eigenvalue weighted by Gasteiger charge is -2.33. The summed E-state index contributed by atoms with van der Waals surface area (Å²) in [6, 6.07) is 2.91. The van der Waals surface area contributed by atoms with E-state index < -0.39 is 12.0 Å². The molecule has 1 aromatic heterocycles. The molecule has 0 aromatic carbocycles. The molecule has 1 fully saturated rings. The van der Waals surface area contributed by atoms with Gasteiger partial charge >= 0.3 is 5.97 Å². The number of nitrogens with zero attached hydrogens (tertiary/aromatic N) is 4. The highest BCUT2D eigenvalue weighted by atomic mass is 32.2. The maximum absolute atomic E-state index is 11.2. The highest BCUT2D eigenvalue weighted by Gasteiger charge is 2.31. The van der Waals surface area contributed by atoms with Crippen molar-refractivity contribution in [1.82, 2.24) is 10.2 Å². The minimum absolute atomic E-state index is 0.359. The van der Waals surface area contributed by atoms with Crippen LogP contribution in [-0.2, 0) is 4.79 Å². The summed E-state index contributed by atoms with van der Waals surface area (Å²) in [6.07, 6.45) is 1.43. The van der Waals surface area contributed by atoms with Gasteiger partial charge in [-0.1, -0.05) is 0 Å². The molecule has 0 spiro atoms. The Labute approximate surface area is 102 Å². The molecule has 1 saturated heterocycles. The third kappa shape index (κ3) is 2.31. The summed E-state index contributed by atoms with van der Waals surface area (Å²) in [4.78, 5) is 12.8. The second kappa shape index (κ2) is 5.01. The summed E-state index contributed by atoms with van der Waals surface area (Å²) in [5.41, 5.74) is 0.359. The number of nitriles is 1. The number of aliphatic carboxylic acids is 1. The van der Waals surface area contributed by atoms with Crippen molar-refractivity contribution in [3.63, 3.8) is 0 Å². The Morgan fingerprint density at radius 2 is 2.53 bits per heavy atom. The van der Waals surface area contributed by atoms with Crippen LogP contribution in [0.1, 0.15) is 5.56 Å². The van der Waals surface area contributed by atoms with E-state index in [2.05, 4.69) is 10.2 Å². The van der Waals surface area contributed by atoms with Crippen molar-refractivity contribution < 1.29 is 9.90 Å². The summed E-state index contributed by atoms with van der Waals surface area (Å²) in [6.45, 7) is 0.564. The zero-order chi connectivity index (χ0) is 12.3. The highest BCUT2D eigenvalue weighted by Crippen LogP contribution is 2.24. The summed E-state index contributed by atoms with van der Waals surface area (Å²) < 4.78 is 0. The molecule has 0 radical (unpaired) electrons. The van der Waals surface area contributed by atoms with Gasteiger partial charge in [0.1, 0.15) is 12.1 Å². The summed E-state index contributed by atoms with van der Waals surface area (Å²) in [5.74, 6) is 0.789. The topological polar surface area (TPSA) is 90.1 Å². The lowest BCUT2D eigenvalue weighted by Crippen LogP contribution is -2.48. The zero-order valence-electron chi connectivity index (χ0n) is 8.91. The molecule has 1 atom stereocenters. The minimum atomic E-state index is -0.897. The average Bonchev–Trinajstić information content (AvgIpc) is 2.38. The second-order valence-electron chi connectivity index (χ2n) is 3.50. The summed E-state index contributed by atoms with van der Waals surface area (Å²) in [7, 11) is 0. The van der Waals surface area contributed by atoms with Crippen LogP contribution in [0.4, 0.5) is 5.82 Å². The normalized spacial score (nSPS) is 19.7. The van der Waals surface area contributed by atoms with Crippen LogP contribution < -0.4 is 4.90 Å². The third-order valence-electron chi connectivity index (χ3n) is 2.51. The number of carboxylic acids is 1. The maximum Gasteiger partial charge on any atom is 0.327 e. The molecule has 1 N–H and O–H groups in total. The molecular weight excluding hydrogens is 240 g/mol. The van der Waals surface area contributed by atoms with Gasteiger partial charge in [0.15, 0.2) is 5.82 Å². The number of anilines is 1. The van der Waals surface area contributed by atoms with E-state index in [0.717, 1.165) is 5.75 Å². The van der Waals surface area contributed by atoms with E-state index in [4.69, 9.17) is 10.4 Å². The van der Waals surface area contributed by atoms with Gasteiger partial charge in [-0.15, -0.1) is 5.10 Å². The van der Waals surface area contributed by atoms with E-state index in [1.807, 2.05) is 6.07 Å². The maximum atomic E-state index is 11.2. The number of carboxylic acid groups (broad SMARTS) is 1. The van der Waals surface area contributed by atoms with Gasteiger partial charge in [-0.25, -0.2) is 4.79 Å². The third-order valence-corrected chi connectivity index (χ3v) is 3.53. The first kappa shape index (κ1) is 11.7. The van der Waals surface area contributed by atoms with E-state index in [0.29, 0.717) is 23.7 Å². The van der Waals surface area contributed by atoms with Crippen LogP contribution in [0.15, 0.2) is 12.3 Å². The Morgan fingerprint density at radius 3 is 3.24 bits per heavy atom. The number of rotatable bonds is 2. The van der Waals surface area contributed by atoms with Crippen LogP contribution in [0.3, 0.4) is 0 Å². The van der Waals surface area contributed by atoms with E-state index in [1.165, 1.54) is 6.20 Å². The minimum Gasteiger partial charge on any atom is -0.480 e. The fourth-order valence-corrected chi connectivity index (χ4v) is 2.72. The second-order valence-corrected chi connectivity index (χ2v) is 4.65. The quantitative estimate of drug-likeness (QED) is 0.810. The van der Waals surface area contributed by atoms with Crippen molar-refractivity contribution in [2.24, 2.45) is 0 Å². The van der Waals surface area contributed by atoms with E-state index in [-0.39, 0.29) is 0 Å². The van der Waals surface area contributed by atoms with E-state index in [1.54, 1.807) is 22.7 Å². The molecule has 0 bridgehead atoms. The Bertz CT molecular complexity index is 474. The van der Waals surface area contributed by atoms with Crippen LogP contribution in [-0.4, -0.2) is 45.4 Å². The van der Waals surface area contributed by atoms with Gasteiger partial charge < -0.3 is 10.0 Å². The first-order valence-corrected chi connectivity index (χ1v) is 6.18. The van der Waals surface area contributed by atoms with Crippen molar-refractivity contribution in [3.8, 4) is 6.07 Å². The molecule has 0 aliphatic carbocycles. The molecule has 6 nitrogen and oxygen atoms in total. The van der Waals surface area contributed by atoms with Gasteiger partial charge in [0.2, 0.25) is 0 Å². The van der Waals surface area contributed by atoms with Gasteiger partial charge in [0.05, 0.1) is 11.8 Å². The molecule has 1 aliphatic rings. The lowest BCUT2D eigenvalue weighted by atomic mass is 10.2. The van der Waals surface area contributed by atoms with Crippen LogP contribution in [0, 0.1) is 11.3 Å². The lowest BCUT2D eigenvalue weighted by molar-refractivity contribution is -0.138. The van der Waals surface area contributed by atoms with Crippen LogP contribution >= 0.6 is 11.8 Å². The summed E-state index contributed by atoms with van der Waals surface area (Å²) in [5, 5.41) is 25.7. The molecule has 2 heterocycles. The molecule has 0 saturated carbocycles. The molecule has 1 unspecified atom stereocenters. The molecule has 1 aliphatic heterocycles. The first-order chi connectivity index (χ1) is 8.24. The standard InChI is InChI=1S/C10H10N4O2S/c11-5-7-1-2-12-13-9(7)14-3-4-17-6-8(14)10(15)16/h1-2,8H,3-4,6H2,(H,15,16). The number of hydrogen-bond acceptors (Lipinski definition) is 6. The smallest absolute Gasteiger partial charge is 0.327 e. The van der Waals surface area contributed by atoms with Crippen molar-refractivity contribution in [1.29, 1.82) is 5.26 Å². The van der Waals surface area contributed by atoms with E-state index in [9.17, 15) is 4.79 Å². The molecule has 7 heteroatoms. The van der Waals surface area contributed by atoms with Crippen LogP contribution in [0.25, 0.3) is 0 Å². The molecule has 2 rings (SSSR count). The summed E-state index contributed by atoms with van der Waals surface area (Å²) >= 11 is 1.59. The molecule has 88 valence electrons. The van der Waals surface area contributed by atoms with Crippen LogP contribution in [0.5, 0.6) is 0 Å². The van der Waals surface area contributed by atoms with Gasteiger partial charge in [0, 0.05) is 18.1 Å². The largest absolute Gasteiger partial charge is 0.480 e. The number of aromatic nitrogens is 2. The SMILES string of the molecule is N#Cc1ccnnc1N1CCSCC1C(=O)O. The predicted molar refractivity (Wildman–Crippen MR) is 62.8 cm³/mol. The number of thioether (sulfide) groups is 1. The van der Waals surface area contributed by atoms with Crippen molar-refractivity contribution in [2.45, 2.75) is 6.04 Å². The van der Waals surface area contributed by atoms with Gasteiger partial charge in [-0.3, -0.25) is 0 Å². The number of hydrogen-bond donors (Lipinski definition) is 1. The fraction of sp³-hybridized carbons (Fsp3) is 0.400.